The van der Waals surface area contributed by atoms with Crippen molar-refractivity contribution < 1.29 is 19.1 Å². The first-order valence-corrected chi connectivity index (χ1v) is 15.2. The highest BCUT2D eigenvalue weighted by Crippen LogP contribution is 2.29. The Morgan fingerprint density at radius 2 is 1.75 bits per heavy atom. The Morgan fingerprint density at radius 3 is 2.50 bits per heavy atom. The van der Waals surface area contributed by atoms with Crippen LogP contribution in [0.1, 0.15) is 65.7 Å². The van der Waals surface area contributed by atoms with Crippen molar-refractivity contribution in [1.82, 2.24) is 9.80 Å². The maximum atomic E-state index is 13.3. The molecule has 0 aromatic heterocycles. The SMILES string of the molecule is CCCN(CCC)C(=O)C1=Cc2ccc(C(=O)Nc3ccc4c(c3)CCN(C(=O)OCc3ccccc3)C4)cc2N=C(N)C1. The second-order valence-electron chi connectivity index (χ2n) is 11.2. The number of aliphatic imine (C=N–C) groups is 1. The Kier molecular flexibility index (Phi) is 9.74. The number of carbonyl (C=O) groups excluding carboxylic acids is 3. The van der Waals surface area contributed by atoms with Crippen LogP contribution in [-0.4, -0.2) is 53.2 Å². The number of rotatable bonds is 9. The molecular weight excluding hydrogens is 554 g/mol. The summed E-state index contributed by atoms with van der Waals surface area (Å²) in [7, 11) is 0. The van der Waals surface area contributed by atoms with Gasteiger partial charge in [-0.15, -0.1) is 0 Å². The zero-order valence-corrected chi connectivity index (χ0v) is 25.3. The van der Waals surface area contributed by atoms with Crippen LogP contribution < -0.4 is 11.1 Å². The van der Waals surface area contributed by atoms with E-state index in [1.807, 2.05) is 65.6 Å². The zero-order valence-electron chi connectivity index (χ0n) is 25.3. The van der Waals surface area contributed by atoms with Gasteiger partial charge in [-0.25, -0.2) is 9.79 Å². The number of nitrogens with zero attached hydrogens (tertiary/aromatic N) is 3. The van der Waals surface area contributed by atoms with Crippen molar-refractivity contribution in [2.75, 3.05) is 25.0 Å². The fraction of sp³-hybridized carbons (Fsp3) is 0.314. The number of amidine groups is 1. The lowest BCUT2D eigenvalue weighted by Gasteiger charge is -2.28. The lowest BCUT2D eigenvalue weighted by molar-refractivity contribution is -0.127. The number of anilines is 1. The Balaban J connectivity index is 1.24. The van der Waals surface area contributed by atoms with Crippen molar-refractivity contribution in [2.24, 2.45) is 10.7 Å². The van der Waals surface area contributed by atoms with Crippen LogP contribution in [0.2, 0.25) is 0 Å². The Morgan fingerprint density at radius 1 is 0.977 bits per heavy atom. The topological polar surface area (TPSA) is 117 Å². The van der Waals surface area contributed by atoms with E-state index in [9.17, 15) is 14.4 Å². The predicted molar refractivity (Wildman–Crippen MR) is 173 cm³/mol. The van der Waals surface area contributed by atoms with Gasteiger partial charge in [0, 0.05) is 55.0 Å². The highest BCUT2D eigenvalue weighted by molar-refractivity contribution is 6.08. The van der Waals surface area contributed by atoms with Gasteiger partial charge in [0.1, 0.15) is 12.4 Å². The quantitative estimate of drug-likeness (QED) is 0.313. The molecule has 0 aliphatic carbocycles. The predicted octanol–water partition coefficient (Wildman–Crippen LogP) is 6.06. The third-order valence-electron chi connectivity index (χ3n) is 7.75. The smallest absolute Gasteiger partial charge is 0.410 e. The molecular formula is C35H39N5O4. The maximum absolute atomic E-state index is 13.3. The van der Waals surface area contributed by atoms with Crippen LogP contribution in [0.3, 0.4) is 0 Å². The minimum atomic E-state index is -0.339. The fourth-order valence-electron chi connectivity index (χ4n) is 5.53. The number of fused-ring (bicyclic) bond motifs is 2. The molecule has 0 unspecified atom stereocenters. The summed E-state index contributed by atoms with van der Waals surface area (Å²) < 4.78 is 5.50. The van der Waals surface area contributed by atoms with Crippen molar-refractivity contribution >= 4 is 41.2 Å². The fourth-order valence-corrected chi connectivity index (χ4v) is 5.53. The second kappa shape index (κ2) is 14.0. The molecule has 9 heteroatoms. The summed E-state index contributed by atoms with van der Waals surface area (Å²) in [5.74, 6) is 0.0349. The van der Waals surface area contributed by atoms with Crippen molar-refractivity contribution in [3.8, 4) is 0 Å². The molecule has 3 aromatic carbocycles. The van der Waals surface area contributed by atoms with E-state index in [2.05, 4.69) is 24.2 Å². The highest BCUT2D eigenvalue weighted by Gasteiger charge is 2.24. The molecule has 0 fully saturated rings. The average Bonchev–Trinajstić information content (AvgIpc) is 3.20. The Labute approximate surface area is 258 Å². The molecule has 0 saturated heterocycles. The molecule has 3 amide bonds. The number of ether oxygens (including phenoxy) is 1. The van der Waals surface area contributed by atoms with Gasteiger partial charge in [-0.2, -0.15) is 0 Å². The zero-order chi connectivity index (χ0) is 31.1. The third-order valence-corrected chi connectivity index (χ3v) is 7.75. The number of hydrogen-bond donors (Lipinski definition) is 2. The summed E-state index contributed by atoms with van der Waals surface area (Å²) in [5.41, 5.74) is 12.3. The number of hydrogen-bond acceptors (Lipinski definition) is 6. The van der Waals surface area contributed by atoms with Gasteiger partial charge in [-0.1, -0.05) is 56.3 Å². The van der Waals surface area contributed by atoms with Gasteiger partial charge in [0.15, 0.2) is 0 Å². The minimum Gasteiger partial charge on any atom is -0.445 e. The monoisotopic (exact) mass is 593 g/mol. The van der Waals surface area contributed by atoms with Gasteiger partial charge in [0.2, 0.25) is 5.91 Å². The largest absolute Gasteiger partial charge is 0.445 e. The summed E-state index contributed by atoms with van der Waals surface area (Å²) in [4.78, 5) is 47.2. The number of nitrogens with one attached hydrogen (secondary N) is 1. The van der Waals surface area contributed by atoms with Crippen molar-refractivity contribution in [3.05, 3.63) is 100 Å². The van der Waals surface area contributed by atoms with E-state index in [0.717, 1.165) is 35.1 Å². The lowest BCUT2D eigenvalue weighted by atomic mass is 9.99. The van der Waals surface area contributed by atoms with Crippen LogP contribution in [0.5, 0.6) is 0 Å². The maximum Gasteiger partial charge on any atom is 0.410 e. The minimum absolute atomic E-state index is 0.0267. The van der Waals surface area contributed by atoms with Gasteiger partial charge >= 0.3 is 6.09 Å². The van der Waals surface area contributed by atoms with Crippen LogP contribution in [0.15, 0.2) is 77.3 Å². The van der Waals surface area contributed by atoms with E-state index in [4.69, 9.17) is 10.5 Å². The van der Waals surface area contributed by atoms with E-state index in [1.165, 1.54) is 0 Å². The van der Waals surface area contributed by atoms with Crippen LogP contribution in [0.25, 0.3) is 6.08 Å². The normalized spacial score (nSPS) is 13.9. The van der Waals surface area contributed by atoms with Crippen LogP contribution in [-0.2, 0) is 29.1 Å². The van der Waals surface area contributed by atoms with Gasteiger partial charge in [-0.3, -0.25) is 9.59 Å². The summed E-state index contributed by atoms with van der Waals surface area (Å²) >= 11 is 0. The molecule has 0 radical (unpaired) electrons. The van der Waals surface area contributed by atoms with E-state index < -0.39 is 0 Å². The van der Waals surface area contributed by atoms with Crippen LogP contribution in [0, 0.1) is 0 Å². The molecule has 5 rings (SSSR count). The molecule has 9 nitrogen and oxygen atoms in total. The van der Waals surface area contributed by atoms with E-state index in [-0.39, 0.29) is 30.9 Å². The van der Waals surface area contributed by atoms with E-state index in [0.29, 0.717) is 60.9 Å². The summed E-state index contributed by atoms with van der Waals surface area (Å²) in [6.07, 6.45) is 4.18. The van der Waals surface area contributed by atoms with Crippen molar-refractivity contribution in [2.45, 2.75) is 52.7 Å². The first-order valence-electron chi connectivity index (χ1n) is 15.2. The molecule has 0 bridgehead atoms. The second-order valence-corrected chi connectivity index (χ2v) is 11.2. The van der Waals surface area contributed by atoms with Crippen molar-refractivity contribution in [3.63, 3.8) is 0 Å². The summed E-state index contributed by atoms with van der Waals surface area (Å²) in [6, 6.07) is 20.6. The standard InChI is InChI=1S/C35H39N5O4/c1-3-15-39(16-4-2)34(42)29-18-26-10-11-27(20-31(26)38-32(36)21-29)33(41)37-30-13-12-28-22-40(17-14-25(28)19-30)35(43)44-23-24-8-6-5-7-9-24/h5-13,18-20H,3-4,14-17,21-23H2,1-2H3,(H2,36,38)(H,37,41). The average molecular weight is 594 g/mol. The molecule has 3 N–H and O–H groups in total. The molecule has 3 aromatic rings. The van der Waals surface area contributed by atoms with Gasteiger partial charge < -0.3 is 25.6 Å². The van der Waals surface area contributed by atoms with Gasteiger partial charge in [0.05, 0.1) is 5.69 Å². The molecule has 0 spiro atoms. The third kappa shape index (κ3) is 7.34. The van der Waals surface area contributed by atoms with Gasteiger partial charge in [0.25, 0.3) is 5.91 Å². The molecule has 2 aliphatic rings. The van der Waals surface area contributed by atoms with E-state index in [1.54, 1.807) is 17.0 Å². The summed E-state index contributed by atoms with van der Waals surface area (Å²) in [6.45, 7) is 6.72. The lowest BCUT2D eigenvalue weighted by Crippen LogP contribution is -2.36. The molecule has 44 heavy (non-hydrogen) atoms. The van der Waals surface area contributed by atoms with Crippen LogP contribution >= 0.6 is 0 Å². The number of amides is 3. The molecule has 2 aliphatic heterocycles. The highest BCUT2D eigenvalue weighted by atomic mass is 16.6. The number of benzene rings is 3. The molecule has 228 valence electrons. The molecule has 0 atom stereocenters. The number of nitrogens with two attached hydrogens (primary N) is 1. The Bertz CT molecular complexity index is 1590. The van der Waals surface area contributed by atoms with E-state index >= 15 is 0 Å². The summed E-state index contributed by atoms with van der Waals surface area (Å²) in [5, 5.41) is 2.98. The molecule has 2 heterocycles. The van der Waals surface area contributed by atoms with Crippen molar-refractivity contribution in [1.29, 1.82) is 0 Å². The number of carbonyl (C=O) groups is 3. The first kappa shape index (κ1) is 30.5. The van der Waals surface area contributed by atoms with Crippen LogP contribution in [0.4, 0.5) is 16.2 Å². The molecule has 0 saturated carbocycles. The Hall–Kier alpha value is -4.92. The first-order chi connectivity index (χ1) is 21.3. The van der Waals surface area contributed by atoms with Gasteiger partial charge in [-0.05, 0) is 66.3 Å².